The van der Waals surface area contributed by atoms with Gasteiger partial charge in [0.2, 0.25) is 0 Å². The van der Waals surface area contributed by atoms with Crippen molar-refractivity contribution in [3.8, 4) is 5.75 Å². The molecule has 0 atom stereocenters. The van der Waals surface area contributed by atoms with Gasteiger partial charge in [-0.15, -0.1) is 0 Å². The Kier molecular flexibility index (Phi) is 3.28. The highest BCUT2D eigenvalue weighted by molar-refractivity contribution is 5.96. The number of carbonyl (C=O) groups is 1. The molecule has 0 aliphatic heterocycles. The van der Waals surface area contributed by atoms with Gasteiger partial charge in [-0.25, -0.2) is 4.39 Å². The number of hydrogen-bond donors (Lipinski definition) is 2. The van der Waals surface area contributed by atoms with Crippen molar-refractivity contribution in [1.82, 2.24) is 5.32 Å². The number of nitrogens with one attached hydrogen (secondary N) is 1. The van der Waals surface area contributed by atoms with Crippen LogP contribution in [0.3, 0.4) is 0 Å². The van der Waals surface area contributed by atoms with Crippen LogP contribution >= 0.6 is 0 Å². The van der Waals surface area contributed by atoms with Crippen molar-refractivity contribution >= 4 is 5.91 Å². The molecule has 98 valence electrons. The molecule has 0 radical (unpaired) electrons. The quantitative estimate of drug-likeness (QED) is 0.864. The Hall–Kier alpha value is -1.58. The second-order valence-corrected chi connectivity index (χ2v) is 5.36. The van der Waals surface area contributed by atoms with Gasteiger partial charge in [0.1, 0.15) is 11.6 Å². The number of aromatic hydroxyl groups is 1. The van der Waals surface area contributed by atoms with E-state index in [0.717, 1.165) is 18.9 Å². The molecule has 1 aliphatic carbocycles. The van der Waals surface area contributed by atoms with Crippen LogP contribution in [-0.2, 0) is 0 Å². The van der Waals surface area contributed by atoms with Gasteiger partial charge in [0.15, 0.2) is 0 Å². The van der Waals surface area contributed by atoms with Crippen molar-refractivity contribution in [3.05, 3.63) is 29.6 Å². The maximum absolute atomic E-state index is 12.8. The Morgan fingerprint density at radius 3 is 2.67 bits per heavy atom. The van der Waals surface area contributed by atoms with Gasteiger partial charge in [-0.3, -0.25) is 4.79 Å². The third-order valence-electron chi connectivity index (χ3n) is 3.92. The first-order chi connectivity index (χ1) is 8.44. The van der Waals surface area contributed by atoms with Gasteiger partial charge in [0, 0.05) is 12.6 Å². The van der Waals surface area contributed by atoms with E-state index in [9.17, 15) is 14.3 Å². The number of halogens is 1. The van der Waals surface area contributed by atoms with E-state index in [-0.39, 0.29) is 22.6 Å². The molecule has 18 heavy (non-hydrogen) atoms. The van der Waals surface area contributed by atoms with E-state index in [2.05, 4.69) is 19.2 Å². The van der Waals surface area contributed by atoms with Gasteiger partial charge >= 0.3 is 0 Å². The molecule has 0 spiro atoms. The van der Waals surface area contributed by atoms with Gasteiger partial charge in [0.05, 0.1) is 5.56 Å². The summed E-state index contributed by atoms with van der Waals surface area (Å²) in [4.78, 5) is 11.9. The Balaban J connectivity index is 2.00. The lowest BCUT2D eigenvalue weighted by Gasteiger charge is -2.20. The van der Waals surface area contributed by atoms with E-state index in [1.807, 2.05) is 0 Å². The fourth-order valence-corrected chi connectivity index (χ4v) is 2.17. The minimum absolute atomic E-state index is 0.121. The summed E-state index contributed by atoms with van der Waals surface area (Å²) in [7, 11) is 0. The van der Waals surface area contributed by atoms with E-state index in [0.29, 0.717) is 12.5 Å². The molecule has 4 heteroatoms. The minimum Gasteiger partial charge on any atom is -0.507 e. The molecule has 1 aromatic rings. The van der Waals surface area contributed by atoms with E-state index < -0.39 is 5.82 Å². The first kappa shape index (κ1) is 12.9. The van der Waals surface area contributed by atoms with Gasteiger partial charge < -0.3 is 10.4 Å². The molecule has 1 amide bonds. The van der Waals surface area contributed by atoms with Gasteiger partial charge in [-0.1, -0.05) is 13.8 Å². The monoisotopic (exact) mass is 251 g/mol. The summed E-state index contributed by atoms with van der Waals surface area (Å²) in [5.41, 5.74) is 0.335. The van der Waals surface area contributed by atoms with Crippen molar-refractivity contribution in [2.45, 2.75) is 26.7 Å². The molecule has 0 heterocycles. The summed E-state index contributed by atoms with van der Waals surface area (Å²) in [6.45, 7) is 4.91. The Morgan fingerprint density at radius 2 is 2.17 bits per heavy atom. The molecular formula is C14H18FNO2. The second kappa shape index (κ2) is 4.59. The van der Waals surface area contributed by atoms with Crippen molar-refractivity contribution < 1.29 is 14.3 Å². The van der Waals surface area contributed by atoms with Gasteiger partial charge in [-0.2, -0.15) is 0 Å². The molecule has 0 unspecified atom stereocenters. The highest BCUT2D eigenvalue weighted by Crippen LogP contribution is 2.51. The molecule has 3 nitrogen and oxygen atoms in total. The van der Waals surface area contributed by atoms with Crippen LogP contribution < -0.4 is 5.32 Å². The van der Waals surface area contributed by atoms with E-state index >= 15 is 0 Å². The zero-order valence-corrected chi connectivity index (χ0v) is 10.7. The lowest BCUT2D eigenvalue weighted by atomic mass is 9.92. The highest BCUT2D eigenvalue weighted by atomic mass is 19.1. The maximum Gasteiger partial charge on any atom is 0.255 e. The number of benzene rings is 1. The number of amides is 1. The van der Waals surface area contributed by atoms with Gasteiger partial charge in [-0.05, 0) is 36.3 Å². The molecule has 1 saturated carbocycles. The smallest absolute Gasteiger partial charge is 0.255 e. The second-order valence-electron chi connectivity index (χ2n) is 5.36. The Morgan fingerprint density at radius 1 is 1.50 bits per heavy atom. The summed E-state index contributed by atoms with van der Waals surface area (Å²) in [6, 6.07) is 3.42. The minimum atomic E-state index is -0.551. The predicted molar refractivity (Wildman–Crippen MR) is 66.9 cm³/mol. The number of phenolic OH excluding ortho intramolecular Hbond substituents is 1. The molecule has 2 rings (SSSR count). The molecule has 0 bridgehead atoms. The first-order valence-corrected chi connectivity index (χ1v) is 6.21. The summed E-state index contributed by atoms with van der Waals surface area (Å²) in [6.07, 6.45) is 2.25. The van der Waals surface area contributed by atoms with Crippen molar-refractivity contribution in [2.75, 3.05) is 6.54 Å². The Labute approximate surface area is 106 Å². The summed E-state index contributed by atoms with van der Waals surface area (Å²) in [5, 5.41) is 12.3. The van der Waals surface area contributed by atoms with Crippen LogP contribution in [0, 0.1) is 17.2 Å². The van der Waals surface area contributed by atoms with Crippen molar-refractivity contribution in [3.63, 3.8) is 0 Å². The number of hydrogen-bond acceptors (Lipinski definition) is 2. The maximum atomic E-state index is 12.8. The Bertz CT molecular complexity index is 467. The zero-order valence-electron chi connectivity index (χ0n) is 10.7. The number of rotatable bonds is 4. The average Bonchev–Trinajstić information content (AvgIpc) is 3.07. The van der Waals surface area contributed by atoms with Crippen molar-refractivity contribution in [2.24, 2.45) is 11.3 Å². The summed E-state index contributed by atoms with van der Waals surface area (Å²) >= 11 is 0. The van der Waals surface area contributed by atoms with E-state index in [4.69, 9.17) is 0 Å². The normalized spacial score (nSPS) is 16.7. The van der Waals surface area contributed by atoms with Crippen LogP contribution in [0.4, 0.5) is 4.39 Å². The van der Waals surface area contributed by atoms with Crippen LogP contribution in [0.2, 0.25) is 0 Å². The fourth-order valence-electron chi connectivity index (χ4n) is 2.17. The molecule has 1 fully saturated rings. The van der Waals surface area contributed by atoms with Crippen LogP contribution in [0.1, 0.15) is 37.0 Å². The zero-order chi connectivity index (χ0) is 13.3. The average molecular weight is 251 g/mol. The third kappa shape index (κ3) is 2.47. The molecule has 0 aromatic heterocycles. The van der Waals surface area contributed by atoms with Crippen LogP contribution in [0.25, 0.3) is 0 Å². The van der Waals surface area contributed by atoms with E-state index in [1.165, 1.54) is 12.1 Å². The predicted octanol–water partition coefficient (Wildman–Crippen LogP) is 2.70. The summed E-state index contributed by atoms with van der Waals surface area (Å²) in [5.74, 6) is -0.689. The lowest BCUT2D eigenvalue weighted by molar-refractivity contribution is 0.0937. The van der Waals surface area contributed by atoms with Crippen LogP contribution in [-0.4, -0.2) is 17.6 Å². The van der Waals surface area contributed by atoms with Gasteiger partial charge in [0.25, 0.3) is 5.91 Å². The largest absolute Gasteiger partial charge is 0.507 e. The fraction of sp³-hybridized carbons (Fsp3) is 0.500. The lowest BCUT2D eigenvalue weighted by Crippen LogP contribution is -2.32. The molecule has 1 aliphatic rings. The third-order valence-corrected chi connectivity index (χ3v) is 3.92. The number of carbonyl (C=O) groups excluding carboxylic acids is 1. The van der Waals surface area contributed by atoms with Crippen LogP contribution in [0.5, 0.6) is 5.75 Å². The topological polar surface area (TPSA) is 49.3 Å². The SMILES string of the molecule is CC(C)C1(CNC(=O)c2ccc(F)cc2O)CC1. The van der Waals surface area contributed by atoms with Crippen molar-refractivity contribution in [1.29, 1.82) is 0 Å². The van der Waals surface area contributed by atoms with Crippen LogP contribution in [0.15, 0.2) is 18.2 Å². The molecule has 1 aromatic carbocycles. The standard InChI is InChI=1S/C14H18FNO2/c1-9(2)14(5-6-14)8-16-13(18)11-4-3-10(15)7-12(11)17/h3-4,7,9,17H,5-6,8H2,1-2H3,(H,16,18). The first-order valence-electron chi connectivity index (χ1n) is 6.21. The van der Waals surface area contributed by atoms with E-state index in [1.54, 1.807) is 0 Å². The number of phenols is 1. The highest BCUT2D eigenvalue weighted by Gasteiger charge is 2.45. The molecular weight excluding hydrogens is 233 g/mol. The summed E-state index contributed by atoms with van der Waals surface area (Å²) < 4.78 is 12.8. The molecule has 0 saturated heterocycles. The molecule has 2 N–H and O–H groups in total.